The molecule has 3 nitrogen and oxygen atoms in total. The Labute approximate surface area is 83.8 Å². The average Bonchev–Trinajstić information content (AvgIpc) is 2.14. The van der Waals surface area contributed by atoms with Crippen LogP contribution in [0.25, 0.3) is 0 Å². The highest BCUT2D eigenvalue weighted by Gasteiger charge is 2.09. The summed E-state index contributed by atoms with van der Waals surface area (Å²) in [6.07, 6.45) is 1.50. The summed E-state index contributed by atoms with van der Waals surface area (Å²) in [5.74, 6) is 0.935. The van der Waals surface area contributed by atoms with Crippen LogP contribution in [0.4, 0.5) is 5.82 Å². The van der Waals surface area contributed by atoms with Gasteiger partial charge in [0.2, 0.25) is 0 Å². The second-order valence-electron chi connectivity index (χ2n) is 2.79. The van der Waals surface area contributed by atoms with E-state index in [0.29, 0.717) is 5.15 Å². The van der Waals surface area contributed by atoms with Gasteiger partial charge in [-0.2, -0.15) is 0 Å². The zero-order valence-electron chi connectivity index (χ0n) is 8.21. The molecule has 0 spiro atoms. The Balaban J connectivity index is 3.05. The van der Waals surface area contributed by atoms with E-state index in [0.717, 1.165) is 24.5 Å². The standard InChI is InChI=1S/C9H14ClN3/c1-4-13(5-2)9-7(3)8(10)11-6-12-9/h6H,4-5H2,1-3H3. The van der Waals surface area contributed by atoms with Crippen molar-refractivity contribution in [2.75, 3.05) is 18.0 Å². The predicted octanol–water partition coefficient (Wildman–Crippen LogP) is 2.28. The van der Waals surface area contributed by atoms with Crippen LogP contribution in [0.15, 0.2) is 6.33 Å². The fourth-order valence-electron chi connectivity index (χ4n) is 1.26. The molecule has 0 saturated carbocycles. The van der Waals surface area contributed by atoms with Gasteiger partial charge in [0.1, 0.15) is 17.3 Å². The molecular formula is C9H14ClN3. The van der Waals surface area contributed by atoms with E-state index in [1.807, 2.05) is 6.92 Å². The summed E-state index contributed by atoms with van der Waals surface area (Å²) in [7, 11) is 0. The van der Waals surface area contributed by atoms with E-state index in [-0.39, 0.29) is 0 Å². The Hall–Kier alpha value is -0.830. The summed E-state index contributed by atoms with van der Waals surface area (Å²) in [4.78, 5) is 10.3. The molecule has 0 fully saturated rings. The van der Waals surface area contributed by atoms with Crippen molar-refractivity contribution in [1.29, 1.82) is 0 Å². The quantitative estimate of drug-likeness (QED) is 0.700. The highest BCUT2D eigenvalue weighted by Crippen LogP contribution is 2.21. The third-order valence-corrected chi connectivity index (χ3v) is 2.44. The van der Waals surface area contributed by atoms with Crippen LogP contribution >= 0.6 is 11.6 Å². The van der Waals surface area contributed by atoms with E-state index < -0.39 is 0 Å². The van der Waals surface area contributed by atoms with Gasteiger partial charge in [0.25, 0.3) is 0 Å². The van der Waals surface area contributed by atoms with E-state index in [1.165, 1.54) is 6.33 Å². The minimum absolute atomic E-state index is 0.539. The fraction of sp³-hybridized carbons (Fsp3) is 0.556. The molecule has 72 valence electrons. The van der Waals surface area contributed by atoms with Crippen LogP contribution in [0.5, 0.6) is 0 Å². The zero-order valence-corrected chi connectivity index (χ0v) is 8.97. The Bertz CT molecular complexity index is 284. The molecule has 4 heteroatoms. The molecule has 0 unspecified atom stereocenters. The number of hydrogen-bond acceptors (Lipinski definition) is 3. The van der Waals surface area contributed by atoms with Crippen LogP contribution in [-0.4, -0.2) is 23.1 Å². The number of rotatable bonds is 3. The SMILES string of the molecule is CCN(CC)c1ncnc(Cl)c1C. The highest BCUT2D eigenvalue weighted by atomic mass is 35.5. The van der Waals surface area contributed by atoms with Crippen LogP contribution in [0.1, 0.15) is 19.4 Å². The van der Waals surface area contributed by atoms with Crippen molar-refractivity contribution in [2.45, 2.75) is 20.8 Å². The number of nitrogens with zero attached hydrogens (tertiary/aromatic N) is 3. The Morgan fingerprint density at radius 3 is 2.46 bits per heavy atom. The lowest BCUT2D eigenvalue weighted by Gasteiger charge is -2.21. The van der Waals surface area contributed by atoms with E-state index in [2.05, 4.69) is 28.7 Å². The van der Waals surface area contributed by atoms with Crippen LogP contribution in [0.2, 0.25) is 5.15 Å². The minimum atomic E-state index is 0.539. The maximum absolute atomic E-state index is 5.89. The van der Waals surface area contributed by atoms with Gasteiger partial charge in [-0.15, -0.1) is 0 Å². The molecule has 0 N–H and O–H groups in total. The third-order valence-electron chi connectivity index (χ3n) is 2.06. The van der Waals surface area contributed by atoms with Crippen molar-refractivity contribution in [3.63, 3.8) is 0 Å². The molecule has 1 aromatic rings. The van der Waals surface area contributed by atoms with Crippen molar-refractivity contribution >= 4 is 17.4 Å². The molecule has 0 radical (unpaired) electrons. The normalized spacial score (nSPS) is 10.2. The van der Waals surface area contributed by atoms with Crippen molar-refractivity contribution in [2.24, 2.45) is 0 Å². The molecule has 0 aliphatic rings. The van der Waals surface area contributed by atoms with Gasteiger partial charge in [-0.25, -0.2) is 9.97 Å². The summed E-state index contributed by atoms with van der Waals surface area (Å²) in [5, 5.41) is 0.539. The Morgan fingerprint density at radius 1 is 1.31 bits per heavy atom. The van der Waals surface area contributed by atoms with E-state index in [4.69, 9.17) is 11.6 Å². The summed E-state index contributed by atoms with van der Waals surface area (Å²) < 4.78 is 0. The van der Waals surface area contributed by atoms with E-state index in [9.17, 15) is 0 Å². The van der Waals surface area contributed by atoms with Gasteiger partial charge in [0, 0.05) is 18.7 Å². The summed E-state index contributed by atoms with van der Waals surface area (Å²) in [6.45, 7) is 8.00. The van der Waals surface area contributed by atoms with Gasteiger partial charge >= 0.3 is 0 Å². The van der Waals surface area contributed by atoms with Crippen LogP contribution in [0, 0.1) is 6.92 Å². The molecule has 1 heterocycles. The van der Waals surface area contributed by atoms with Gasteiger partial charge in [-0.1, -0.05) is 11.6 Å². The first-order valence-electron chi connectivity index (χ1n) is 4.42. The molecule has 0 atom stereocenters. The summed E-state index contributed by atoms with van der Waals surface area (Å²) in [5.41, 5.74) is 0.952. The number of aromatic nitrogens is 2. The molecule has 1 rings (SSSR count). The second-order valence-corrected chi connectivity index (χ2v) is 3.14. The minimum Gasteiger partial charge on any atom is -0.357 e. The molecule has 0 aliphatic heterocycles. The lowest BCUT2D eigenvalue weighted by Crippen LogP contribution is -2.24. The average molecular weight is 200 g/mol. The topological polar surface area (TPSA) is 29.0 Å². The molecule has 1 aromatic heterocycles. The zero-order chi connectivity index (χ0) is 9.84. The lowest BCUT2D eigenvalue weighted by atomic mass is 10.3. The maximum Gasteiger partial charge on any atom is 0.137 e. The van der Waals surface area contributed by atoms with E-state index >= 15 is 0 Å². The van der Waals surface area contributed by atoms with Gasteiger partial charge in [0.15, 0.2) is 0 Å². The van der Waals surface area contributed by atoms with Crippen LogP contribution in [0.3, 0.4) is 0 Å². The summed E-state index contributed by atoms with van der Waals surface area (Å²) in [6, 6.07) is 0. The monoisotopic (exact) mass is 199 g/mol. The second kappa shape index (κ2) is 4.42. The largest absolute Gasteiger partial charge is 0.357 e. The smallest absolute Gasteiger partial charge is 0.137 e. The van der Waals surface area contributed by atoms with Gasteiger partial charge in [0.05, 0.1) is 0 Å². The molecule has 0 aromatic carbocycles. The molecule has 0 aliphatic carbocycles. The number of anilines is 1. The molecule has 13 heavy (non-hydrogen) atoms. The Kier molecular flexibility index (Phi) is 3.48. The fourth-order valence-corrected chi connectivity index (χ4v) is 1.39. The van der Waals surface area contributed by atoms with Crippen molar-refractivity contribution in [3.05, 3.63) is 17.0 Å². The first-order chi connectivity index (χ1) is 6.20. The first-order valence-corrected chi connectivity index (χ1v) is 4.80. The lowest BCUT2D eigenvalue weighted by molar-refractivity contribution is 0.835. The predicted molar refractivity (Wildman–Crippen MR) is 55.3 cm³/mol. The van der Waals surface area contributed by atoms with Crippen molar-refractivity contribution < 1.29 is 0 Å². The number of halogens is 1. The number of hydrogen-bond donors (Lipinski definition) is 0. The third kappa shape index (κ3) is 2.10. The van der Waals surface area contributed by atoms with Crippen LogP contribution < -0.4 is 4.90 Å². The highest BCUT2D eigenvalue weighted by molar-refractivity contribution is 6.30. The van der Waals surface area contributed by atoms with Crippen LogP contribution in [-0.2, 0) is 0 Å². The van der Waals surface area contributed by atoms with E-state index in [1.54, 1.807) is 0 Å². The van der Waals surface area contributed by atoms with Gasteiger partial charge in [-0.3, -0.25) is 0 Å². The van der Waals surface area contributed by atoms with Crippen molar-refractivity contribution in [3.8, 4) is 0 Å². The molecule has 0 saturated heterocycles. The molecule has 0 bridgehead atoms. The van der Waals surface area contributed by atoms with Gasteiger partial charge in [-0.05, 0) is 20.8 Å². The maximum atomic E-state index is 5.89. The Morgan fingerprint density at radius 2 is 1.92 bits per heavy atom. The summed E-state index contributed by atoms with van der Waals surface area (Å²) >= 11 is 5.89. The first kappa shape index (κ1) is 10.3. The molecular weight excluding hydrogens is 186 g/mol. The van der Waals surface area contributed by atoms with Gasteiger partial charge < -0.3 is 4.90 Å². The molecule has 0 amide bonds. The van der Waals surface area contributed by atoms with Crippen molar-refractivity contribution in [1.82, 2.24) is 9.97 Å².